The Morgan fingerprint density at radius 1 is 1.41 bits per heavy atom. The normalized spacial score (nSPS) is 19.3. The number of terminal acetylenes is 1. The van der Waals surface area contributed by atoms with Gasteiger partial charge >= 0.3 is 0 Å². The summed E-state index contributed by atoms with van der Waals surface area (Å²) in [7, 11) is -1.79. The monoisotopic (exact) mass is 334 g/mol. The maximum Gasteiger partial charge on any atom is 0.192 e. The van der Waals surface area contributed by atoms with E-state index in [-0.39, 0.29) is 16.6 Å². The van der Waals surface area contributed by atoms with Gasteiger partial charge in [0.1, 0.15) is 0 Å². The predicted molar refractivity (Wildman–Crippen MR) is 99.8 cm³/mol. The highest BCUT2D eigenvalue weighted by Gasteiger charge is 2.48. The van der Waals surface area contributed by atoms with Gasteiger partial charge in [0.05, 0.1) is 6.10 Å². The Balaban J connectivity index is 2.20. The number of hydrogen-bond acceptors (Lipinski definition) is 2. The van der Waals surface area contributed by atoms with E-state index in [0.717, 1.165) is 12.8 Å². The molecule has 1 nitrogen and oxygen atoms in total. The number of rotatable bonds is 6. The Kier molecular flexibility index (Phi) is 5.26. The molecule has 122 valence electrons. The molecular weight excluding hydrogens is 304 g/mol. The van der Waals surface area contributed by atoms with Crippen LogP contribution in [0.1, 0.15) is 51.3 Å². The maximum absolute atomic E-state index is 6.80. The van der Waals surface area contributed by atoms with Crippen molar-refractivity contribution in [1.82, 2.24) is 0 Å². The Labute approximate surface area is 141 Å². The van der Waals surface area contributed by atoms with Gasteiger partial charge in [-0.1, -0.05) is 33.3 Å². The summed E-state index contributed by atoms with van der Waals surface area (Å²) >= 11 is 1.86. The van der Waals surface area contributed by atoms with Gasteiger partial charge in [-0.25, -0.2) is 0 Å². The van der Waals surface area contributed by atoms with Gasteiger partial charge < -0.3 is 4.43 Å². The van der Waals surface area contributed by atoms with Crippen molar-refractivity contribution in [2.45, 2.75) is 77.1 Å². The molecule has 1 aromatic rings. The van der Waals surface area contributed by atoms with Crippen LogP contribution in [0.3, 0.4) is 0 Å². The van der Waals surface area contributed by atoms with Crippen LogP contribution in [0.2, 0.25) is 18.1 Å². The minimum atomic E-state index is -1.79. The van der Waals surface area contributed by atoms with E-state index in [0.29, 0.717) is 0 Å². The van der Waals surface area contributed by atoms with Crippen molar-refractivity contribution in [2.24, 2.45) is 5.41 Å². The van der Waals surface area contributed by atoms with Gasteiger partial charge in [0, 0.05) is 16.7 Å². The molecule has 1 fully saturated rings. The molecule has 0 N–H and O–H groups in total. The fourth-order valence-electron chi connectivity index (χ4n) is 3.03. The van der Waals surface area contributed by atoms with Gasteiger partial charge in [-0.15, -0.1) is 23.7 Å². The quantitative estimate of drug-likeness (QED) is 0.466. The SMILES string of the molecule is C#CCC(O[Si](C)(C)C(C)(C)C)C1(Cc2cccs2)CCC1. The van der Waals surface area contributed by atoms with E-state index < -0.39 is 8.32 Å². The summed E-state index contributed by atoms with van der Waals surface area (Å²) < 4.78 is 6.80. The van der Waals surface area contributed by atoms with Crippen molar-refractivity contribution in [1.29, 1.82) is 0 Å². The van der Waals surface area contributed by atoms with Gasteiger partial charge in [-0.2, -0.15) is 0 Å². The Bertz CT molecular complexity index is 515. The average molecular weight is 335 g/mol. The minimum Gasteiger partial charge on any atom is -0.412 e. The second-order valence-electron chi connectivity index (χ2n) is 8.25. The third kappa shape index (κ3) is 3.67. The molecule has 0 saturated heterocycles. The molecule has 0 spiro atoms. The lowest BCUT2D eigenvalue weighted by atomic mass is 9.62. The largest absolute Gasteiger partial charge is 0.412 e. The van der Waals surface area contributed by atoms with Crippen LogP contribution in [0.15, 0.2) is 17.5 Å². The zero-order valence-electron chi connectivity index (χ0n) is 14.7. The Morgan fingerprint density at radius 2 is 2.09 bits per heavy atom. The van der Waals surface area contributed by atoms with E-state index in [1.165, 1.54) is 24.1 Å². The van der Waals surface area contributed by atoms with E-state index in [2.05, 4.69) is 57.3 Å². The highest BCUT2D eigenvalue weighted by Crippen LogP contribution is 2.51. The van der Waals surface area contributed by atoms with E-state index in [9.17, 15) is 0 Å². The Hall–Kier alpha value is -0.563. The molecule has 22 heavy (non-hydrogen) atoms. The van der Waals surface area contributed by atoms with Gasteiger partial charge in [0.2, 0.25) is 0 Å². The average Bonchev–Trinajstić information content (AvgIpc) is 2.84. The first-order valence-electron chi connectivity index (χ1n) is 8.34. The fraction of sp³-hybridized carbons (Fsp3) is 0.684. The molecule has 0 bridgehead atoms. The van der Waals surface area contributed by atoms with E-state index in [1.807, 2.05) is 11.3 Å². The van der Waals surface area contributed by atoms with Crippen molar-refractivity contribution >= 4 is 19.7 Å². The summed E-state index contributed by atoms with van der Waals surface area (Å²) in [5, 5.41) is 2.40. The highest BCUT2D eigenvalue weighted by molar-refractivity contribution is 7.09. The lowest BCUT2D eigenvalue weighted by Crippen LogP contribution is -2.52. The predicted octanol–water partition coefficient (Wildman–Crippen LogP) is 5.87. The van der Waals surface area contributed by atoms with Crippen LogP contribution in [0, 0.1) is 17.8 Å². The van der Waals surface area contributed by atoms with Gasteiger partial charge in [-0.05, 0) is 48.8 Å². The molecule has 1 aliphatic carbocycles. The Morgan fingerprint density at radius 3 is 2.50 bits per heavy atom. The molecule has 0 aliphatic heterocycles. The molecule has 0 amide bonds. The smallest absolute Gasteiger partial charge is 0.192 e. The van der Waals surface area contributed by atoms with Gasteiger partial charge in [-0.3, -0.25) is 0 Å². The second-order valence-corrected chi connectivity index (χ2v) is 14.0. The molecule has 1 unspecified atom stereocenters. The van der Waals surface area contributed by atoms with Gasteiger partial charge in [0.15, 0.2) is 8.32 Å². The molecule has 0 radical (unpaired) electrons. The van der Waals surface area contributed by atoms with Crippen molar-refractivity contribution < 1.29 is 4.43 Å². The summed E-state index contributed by atoms with van der Waals surface area (Å²) in [6.07, 6.45) is 11.6. The summed E-state index contributed by atoms with van der Waals surface area (Å²) in [5.41, 5.74) is 0.271. The molecule has 2 rings (SSSR count). The first kappa shape index (κ1) is 17.8. The van der Waals surface area contributed by atoms with Crippen LogP contribution >= 0.6 is 11.3 Å². The van der Waals surface area contributed by atoms with Gasteiger partial charge in [0.25, 0.3) is 0 Å². The molecule has 1 aliphatic rings. The highest BCUT2D eigenvalue weighted by atomic mass is 32.1. The number of thiophene rings is 1. The maximum atomic E-state index is 6.80. The van der Waals surface area contributed by atoms with E-state index in [1.54, 1.807) is 0 Å². The molecule has 1 heterocycles. The summed E-state index contributed by atoms with van der Waals surface area (Å²) in [6.45, 7) is 11.6. The zero-order chi connectivity index (χ0) is 16.4. The van der Waals surface area contributed by atoms with Crippen LogP contribution in [0.4, 0.5) is 0 Å². The van der Waals surface area contributed by atoms with E-state index in [4.69, 9.17) is 10.8 Å². The third-order valence-electron chi connectivity index (χ3n) is 5.69. The van der Waals surface area contributed by atoms with Crippen LogP contribution in [-0.2, 0) is 10.8 Å². The topological polar surface area (TPSA) is 9.23 Å². The molecular formula is C19H30OSSi. The summed E-state index contributed by atoms with van der Waals surface area (Å²) in [5.74, 6) is 2.90. The van der Waals surface area contributed by atoms with Crippen LogP contribution in [-0.4, -0.2) is 14.4 Å². The molecule has 3 heteroatoms. The molecule has 1 aromatic heterocycles. The fourth-order valence-corrected chi connectivity index (χ4v) is 5.28. The van der Waals surface area contributed by atoms with Crippen molar-refractivity contribution in [3.63, 3.8) is 0 Å². The number of hydrogen-bond donors (Lipinski definition) is 0. The van der Waals surface area contributed by atoms with Crippen molar-refractivity contribution in [3.8, 4) is 12.3 Å². The van der Waals surface area contributed by atoms with Crippen LogP contribution < -0.4 is 0 Å². The lowest BCUT2D eigenvalue weighted by Gasteiger charge is -2.51. The first-order valence-corrected chi connectivity index (χ1v) is 12.1. The third-order valence-corrected chi connectivity index (χ3v) is 11.0. The standard InChI is InChI=1S/C19H30OSSi/c1-7-10-17(20-22(5,6)18(2,3)4)19(12-9-13-19)15-16-11-8-14-21-16/h1,8,11,14,17H,9-10,12-13,15H2,2-6H3. The summed E-state index contributed by atoms with van der Waals surface area (Å²) in [4.78, 5) is 1.47. The molecule has 1 saturated carbocycles. The van der Waals surface area contributed by atoms with E-state index >= 15 is 0 Å². The minimum absolute atomic E-state index is 0.217. The second kappa shape index (κ2) is 6.51. The first-order chi connectivity index (χ1) is 10.2. The summed E-state index contributed by atoms with van der Waals surface area (Å²) in [6, 6.07) is 4.40. The molecule has 0 aromatic carbocycles. The molecule has 1 atom stereocenters. The van der Waals surface area contributed by atoms with Crippen LogP contribution in [0.5, 0.6) is 0 Å². The van der Waals surface area contributed by atoms with Crippen molar-refractivity contribution in [2.75, 3.05) is 0 Å². The zero-order valence-corrected chi connectivity index (χ0v) is 16.6. The lowest BCUT2D eigenvalue weighted by molar-refractivity contribution is -0.0222. The van der Waals surface area contributed by atoms with Crippen molar-refractivity contribution in [3.05, 3.63) is 22.4 Å². The van der Waals surface area contributed by atoms with Crippen LogP contribution in [0.25, 0.3) is 0 Å².